The second-order valence-corrected chi connectivity index (χ2v) is 7.39. The molecule has 2 N–H and O–H groups in total. The van der Waals surface area contributed by atoms with Crippen LogP contribution in [0.3, 0.4) is 0 Å². The zero-order valence-electron chi connectivity index (χ0n) is 13.6. The Morgan fingerprint density at radius 1 is 1.26 bits per heavy atom. The second kappa shape index (κ2) is 7.87. The minimum absolute atomic E-state index is 0. The summed E-state index contributed by atoms with van der Waals surface area (Å²) in [5.41, 5.74) is 7.33. The van der Waals surface area contributed by atoms with Gasteiger partial charge in [0.25, 0.3) is 0 Å². The van der Waals surface area contributed by atoms with E-state index in [9.17, 15) is 4.79 Å². The summed E-state index contributed by atoms with van der Waals surface area (Å²) >= 11 is 6.20. The number of fused-ring (bicyclic) bond motifs is 2. The molecular weight excluding hydrogens is 331 g/mol. The van der Waals surface area contributed by atoms with Crippen LogP contribution in [0.5, 0.6) is 0 Å². The summed E-state index contributed by atoms with van der Waals surface area (Å²) < 4.78 is 0. The molecule has 0 aromatic heterocycles. The number of carbonyl (C=O) groups excluding carboxylic acids is 1. The van der Waals surface area contributed by atoms with E-state index in [4.69, 9.17) is 17.3 Å². The highest BCUT2D eigenvalue weighted by Crippen LogP contribution is 2.42. The lowest BCUT2D eigenvalue weighted by molar-refractivity contribution is -0.137. The maximum absolute atomic E-state index is 12.8. The first-order valence-corrected chi connectivity index (χ1v) is 8.68. The maximum atomic E-state index is 12.8. The van der Waals surface area contributed by atoms with Crippen molar-refractivity contribution in [3.8, 4) is 0 Å². The van der Waals surface area contributed by atoms with E-state index in [1.807, 2.05) is 36.2 Å². The van der Waals surface area contributed by atoms with E-state index in [2.05, 4.69) is 0 Å². The summed E-state index contributed by atoms with van der Waals surface area (Å²) in [5.74, 6) is 1.47. The number of rotatable bonds is 3. The minimum atomic E-state index is 0. The monoisotopic (exact) mass is 356 g/mol. The van der Waals surface area contributed by atoms with E-state index in [-0.39, 0.29) is 24.2 Å². The number of nitrogens with two attached hydrogens (primary N) is 1. The Labute approximate surface area is 150 Å². The lowest BCUT2D eigenvalue weighted by Crippen LogP contribution is -2.49. The van der Waals surface area contributed by atoms with E-state index in [1.54, 1.807) is 0 Å². The molecule has 2 aliphatic rings. The van der Waals surface area contributed by atoms with Gasteiger partial charge in [0, 0.05) is 30.6 Å². The fraction of sp³-hybridized carbons (Fsp3) is 0.611. The third kappa shape index (κ3) is 4.01. The molecule has 2 bridgehead atoms. The Hall–Kier alpha value is -0.770. The van der Waals surface area contributed by atoms with Gasteiger partial charge in [-0.2, -0.15) is 0 Å². The Morgan fingerprint density at radius 2 is 1.87 bits per heavy atom. The van der Waals surface area contributed by atoms with Crippen molar-refractivity contribution in [3.63, 3.8) is 0 Å². The Kier molecular flexibility index (Phi) is 6.35. The summed E-state index contributed by atoms with van der Waals surface area (Å²) in [5, 5.41) is 0.727. The van der Waals surface area contributed by atoms with Gasteiger partial charge in [-0.15, -0.1) is 12.4 Å². The van der Waals surface area contributed by atoms with Crippen LogP contribution in [0.2, 0.25) is 5.02 Å². The normalized spacial score (nSPS) is 29.5. The molecule has 3 nitrogen and oxygen atoms in total. The van der Waals surface area contributed by atoms with Crippen LogP contribution in [-0.2, 0) is 11.3 Å². The highest BCUT2D eigenvalue weighted by molar-refractivity contribution is 6.31. The Bertz CT molecular complexity index is 538. The molecule has 3 rings (SSSR count). The highest BCUT2D eigenvalue weighted by Gasteiger charge is 2.41. The summed E-state index contributed by atoms with van der Waals surface area (Å²) in [6, 6.07) is 8.05. The molecule has 5 heteroatoms. The SMILES string of the molecule is CN(Cc1ccccc1Cl)C(=O)C1CC2CCCC(C1)C2N.Cl. The number of halogens is 2. The van der Waals surface area contributed by atoms with Gasteiger partial charge in [-0.25, -0.2) is 0 Å². The molecule has 2 aliphatic carbocycles. The molecule has 0 spiro atoms. The fourth-order valence-electron chi connectivity index (χ4n) is 4.26. The van der Waals surface area contributed by atoms with Crippen LogP contribution >= 0.6 is 24.0 Å². The molecule has 2 saturated carbocycles. The van der Waals surface area contributed by atoms with Gasteiger partial charge in [0.05, 0.1) is 0 Å². The van der Waals surface area contributed by atoms with Crippen molar-refractivity contribution in [1.29, 1.82) is 0 Å². The third-order valence-electron chi connectivity index (χ3n) is 5.50. The number of hydrogen-bond acceptors (Lipinski definition) is 2. The number of benzene rings is 1. The quantitative estimate of drug-likeness (QED) is 0.893. The van der Waals surface area contributed by atoms with Gasteiger partial charge in [0.2, 0.25) is 5.91 Å². The van der Waals surface area contributed by atoms with Gasteiger partial charge in [-0.1, -0.05) is 36.2 Å². The van der Waals surface area contributed by atoms with Crippen molar-refractivity contribution in [1.82, 2.24) is 4.90 Å². The summed E-state index contributed by atoms with van der Waals surface area (Å²) in [6.07, 6.45) is 5.58. The zero-order chi connectivity index (χ0) is 15.7. The van der Waals surface area contributed by atoms with Gasteiger partial charge >= 0.3 is 0 Å². The molecular formula is C18H26Cl2N2O. The van der Waals surface area contributed by atoms with Gasteiger partial charge in [0.15, 0.2) is 0 Å². The summed E-state index contributed by atoms with van der Waals surface area (Å²) in [6.45, 7) is 0.580. The average Bonchev–Trinajstić information content (AvgIpc) is 2.48. The van der Waals surface area contributed by atoms with Crippen LogP contribution in [0.25, 0.3) is 0 Å². The first-order chi connectivity index (χ1) is 10.6. The van der Waals surface area contributed by atoms with Crippen LogP contribution in [0.1, 0.15) is 37.7 Å². The smallest absolute Gasteiger partial charge is 0.225 e. The van der Waals surface area contributed by atoms with Gasteiger partial charge in [0.1, 0.15) is 0 Å². The van der Waals surface area contributed by atoms with Crippen molar-refractivity contribution >= 4 is 29.9 Å². The first-order valence-electron chi connectivity index (χ1n) is 8.30. The van der Waals surface area contributed by atoms with Crippen molar-refractivity contribution < 1.29 is 4.79 Å². The molecule has 128 valence electrons. The van der Waals surface area contributed by atoms with E-state index >= 15 is 0 Å². The number of carbonyl (C=O) groups is 1. The Morgan fingerprint density at radius 3 is 2.48 bits per heavy atom. The number of hydrogen-bond donors (Lipinski definition) is 1. The third-order valence-corrected chi connectivity index (χ3v) is 5.87. The molecule has 2 unspecified atom stereocenters. The summed E-state index contributed by atoms with van der Waals surface area (Å²) in [7, 11) is 1.88. The first kappa shape index (κ1) is 18.6. The predicted octanol–water partition coefficient (Wildman–Crippen LogP) is 3.87. The van der Waals surface area contributed by atoms with Crippen LogP contribution in [-0.4, -0.2) is 23.9 Å². The maximum Gasteiger partial charge on any atom is 0.225 e. The molecule has 23 heavy (non-hydrogen) atoms. The molecule has 1 amide bonds. The van der Waals surface area contributed by atoms with Crippen molar-refractivity contribution in [3.05, 3.63) is 34.9 Å². The number of nitrogens with zero attached hydrogens (tertiary/aromatic N) is 1. The lowest BCUT2D eigenvalue weighted by atomic mass is 9.65. The van der Waals surface area contributed by atoms with Crippen LogP contribution in [0, 0.1) is 17.8 Å². The predicted molar refractivity (Wildman–Crippen MR) is 96.7 cm³/mol. The number of amides is 1. The molecule has 0 aliphatic heterocycles. The van der Waals surface area contributed by atoms with E-state index < -0.39 is 0 Å². The Balaban J connectivity index is 0.00000192. The second-order valence-electron chi connectivity index (χ2n) is 6.98. The highest BCUT2D eigenvalue weighted by atomic mass is 35.5. The van der Waals surface area contributed by atoms with Crippen LogP contribution < -0.4 is 5.73 Å². The standard InChI is InChI=1S/C18H25ClN2O.ClH/c1-21(11-14-5-2-3-8-16(14)19)18(22)15-9-12-6-4-7-13(10-15)17(12)20;/h2-3,5,8,12-13,15,17H,4,6-7,9-11,20H2,1H3;1H. The average molecular weight is 357 g/mol. The summed E-state index contributed by atoms with van der Waals surface area (Å²) in [4.78, 5) is 14.6. The molecule has 0 saturated heterocycles. The molecule has 1 aromatic carbocycles. The van der Waals surface area contributed by atoms with Crippen LogP contribution in [0.4, 0.5) is 0 Å². The van der Waals surface area contributed by atoms with Gasteiger partial charge in [-0.3, -0.25) is 4.79 Å². The lowest BCUT2D eigenvalue weighted by Gasteiger charge is -2.44. The fourth-order valence-corrected chi connectivity index (χ4v) is 4.46. The molecule has 1 aromatic rings. The largest absolute Gasteiger partial charge is 0.341 e. The molecule has 2 atom stereocenters. The van der Waals surface area contributed by atoms with Gasteiger partial charge < -0.3 is 10.6 Å². The van der Waals surface area contributed by atoms with E-state index in [0.29, 0.717) is 24.4 Å². The van der Waals surface area contributed by atoms with Crippen LogP contribution in [0.15, 0.2) is 24.3 Å². The van der Waals surface area contributed by atoms with Crippen molar-refractivity contribution in [2.24, 2.45) is 23.5 Å². The molecule has 2 fully saturated rings. The minimum Gasteiger partial charge on any atom is -0.341 e. The van der Waals surface area contributed by atoms with Crippen molar-refractivity contribution in [2.45, 2.75) is 44.7 Å². The molecule has 0 radical (unpaired) electrons. The van der Waals surface area contributed by atoms with Gasteiger partial charge in [-0.05, 0) is 49.1 Å². The zero-order valence-corrected chi connectivity index (χ0v) is 15.2. The van der Waals surface area contributed by atoms with E-state index in [1.165, 1.54) is 19.3 Å². The topological polar surface area (TPSA) is 46.3 Å². The van der Waals surface area contributed by atoms with Crippen molar-refractivity contribution in [2.75, 3.05) is 7.05 Å². The van der Waals surface area contributed by atoms with E-state index in [0.717, 1.165) is 23.4 Å². The molecule has 0 heterocycles.